The number of nitrogens with zero attached hydrogens (tertiary/aromatic N) is 3. The van der Waals surface area contributed by atoms with Crippen molar-refractivity contribution in [1.29, 1.82) is 0 Å². The van der Waals surface area contributed by atoms with E-state index in [0.717, 1.165) is 45.2 Å². The number of halogens is 2. The van der Waals surface area contributed by atoms with Gasteiger partial charge in [0.05, 0.1) is 5.69 Å². The first kappa shape index (κ1) is 22.0. The third-order valence-electron chi connectivity index (χ3n) is 4.05. The van der Waals surface area contributed by atoms with E-state index in [1.54, 1.807) is 6.07 Å². The number of piperazine rings is 1. The molecule has 0 amide bonds. The van der Waals surface area contributed by atoms with Crippen LogP contribution in [0.4, 0.5) is 10.1 Å². The third-order valence-corrected chi connectivity index (χ3v) is 4.05. The number of para-hydroxylation sites is 1. The molecule has 1 aromatic carbocycles. The van der Waals surface area contributed by atoms with E-state index in [4.69, 9.17) is 0 Å². The zero-order chi connectivity index (χ0) is 17.6. The van der Waals surface area contributed by atoms with Gasteiger partial charge in [0.15, 0.2) is 5.96 Å². The molecule has 1 saturated heterocycles. The van der Waals surface area contributed by atoms with Gasteiger partial charge >= 0.3 is 0 Å². The molecule has 1 aromatic rings. The molecule has 0 atom stereocenters. The lowest BCUT2D eigenvalue weighted by atomic mass is 10.1. The summed E-state index contributed by atoms with van der Waals surface area (Å²) < 4.78 is 13.9. The Hall–Kier alpha value is -1.09. The average molecular weight is 463 g/mol. The van der Waals surface area contributed by atoms with Crippen LogP contribution in [0.25, 0.3) is 0 Å². The van der Waals surface area contributed by atoms with Crippen molar-refractivity contribution < 1.29 is 4.39 Å². The van der Waals surface area contributed by atoms with Crippen LogP contribution in [-0.4, -0.2) is 62.7 Å². The first-order chi connectivity index (χ1) is 11.4. The van der Waals surface area contributed by atoms with Gasteiger partial charge in [0, 0.05) is 51.9 Å². The van der Waals surface area contributed by atoms with Crippen LogP contribution >= 0.6 is 24.0 Å². The lowest BCUT2D eigenvalue weighted by Gasteiger charge is -2.37. The van der Waals surface area contributed by atoms with Crippen molar-refractivity contribution in [3.8, 4) is 0 Å². The SMILES string of the molecule is CN=C(NCCNC(C)(C)C)N1CCN(c2ccccc2F)CC1.I. The fourth-order valence-electron chi connectivity index (χ4n) is 2.81. The summed E-state index contributed by atoms with van der Waals surface area (Å²) in [6.07, 6.45) is 0. The number of rotatable bonds is 4. The van der Waals surface area contributed by atoms with Gasteiger partial charge < -0.3 is 20.4 Å². The minimum Gasteiger partial charge on any atom is -0.366 e. The van der Waals surface area contributed by atoms with Gasteiger partial charge in [0.1, 0.15) is 5.82 Å². The molecule has 1 fully saturated rings. The molecule has 2 rings (SSSR count). The monoisotopic (exact) mass is 463 g/mol. The maximum Gasteiger partial charge on any atom is 0.193 e. The number of aliphatic imine (C=N–C) groups is 1. The van der Waals surface area contributed by atoms with Crippen molar-refractivity contribution >= 4 is 35.6 Å². The minimum absolute atomic E-state index is 0. The zero-order valence-electron chi connectivity index (χ0n) is 15.7. The van der Waals surface area contributed by atoms with Crippen molar-refractivity contribution in [2.75, 3.05) is 51.2 Å². The largest absolute Gasteiger partial charge is 0.366 e. The van der Waals surface area contributed by atoms with Crippen molar-refractivity contribution in [1.82, 2.24) is 15.5 Å². The van der Waals surface area contributed by atoms with Crippen molar-refractivity contribution in [3.05, 3.63) is 30.1 Å². The Balaban J connectivity index is 0.00000312. The smallest absolute Gasteiger partial charge is 0.193 e. The Morgan fingerprint density at radius 2 is 1.76 bits per heavy atom. The summed E-state index contributed by atoms with van der Waals surface area (Å²) in [6.45, 7) is 11.4. The summed E-state index contributed by atoms with van der Waals surface area (Å²) in [5, 5.41) is 6.85. The Morgan fingerprint density at radius 1 is 1.12 bits per heavy atom. The standard InChI is InChI=1S/C18H30FN5.HI/c1-18(2,3)22-10-9-21-17(20-4)24-13-11-23(12-14-24)16-8-6-5-7-15(16)19;/h5-8,22H,9-14H2,1-4H3,(H,20,21);1H. The molecule has 0 saturated carbocycles. The molecule has 0 radical (unpaired) electrons. The van der Waals surface area contributed by atoms with Crippen molar-refractivity contribution in [2.24, 2.45) is 4.99 Å². The lowest BCUT2D eigenvalue weighted by molar-refractivity contribution is 0.368. The second kappa shape index (κ2) is 10.2. The molecular formula is C18H31FIN5. The highest BCUT2D eigenvalue weighted by atomic mass is 127. The highest BCUT2D eigenvalue weighted by molar-refractivity contribution is 14.0. The molecular weight excluding hydrogens is 432 g/mol. The normalized spacial score (nSPS) is 15.8. The van der Waals surface area contributed by atoms with Crippen molar-refractivity contribution in [3.63, 3.8) is 0 Å². The summed E-state index contributed by atoms with van der Waals surface area (Å²) in [5.41, 5.74) is 0.811. The molecule has 1 aliphatic rings. The van der Waals surface area contributed by atoms with Gasteiger partial charge in [-0.15, -0.1) is 24.0 Å². The highest BCUT2D eigenvalue weighted by Crippen LogP contribution is 2.20. The van der Waals surface area contributed by atoms with E-state index in [0.29, 0.717) is 5.69 Å². The van der Waals surface area contributed by atoms with Gasteiger partial charge in [-0.25, -0.2) is 4.39 Å². The number of nitrogens with one attached hydrogen (secondary N) is 2. The van der Waals surface area contributed by atoms with Crippen LogP contribution in [0.5, 0.6) is 0 Å². The average Bonchev–Trinajstić information content (AvgIpc) is 2.55. The molecule has 5 nitrogen and oxygen atoms in total. The minimum atomic E-state index is -0.151. The van der Waals surface area contributed by atoms with Crippen LogP contribution in [0.15, 0.2) is 29.3 Å². The van der Waals surface area contributed by atoms with Gasteiger partial charge in [0.2, 0.25) is 0 Å². The van der Waals surface area contributed by atoms with Crippen LogP contribution in [0.1, 0.15) is 20.8 Å². The van der Waals surface area contributed by atoms with E-state index in [9.17, 15) is 4.39 Å². The van der Waals surface area contributed by atoms with Crippen LogP contribution < -0.4 is 15.5 Å². The van der Waals surface area contributed by atoms with E-state index in [1.807, 2.05) is 19.2 Å². The molecule has 142 valence electrons. The Morgan fingerprint density at radius 3 is 2.32 bits per heavy atom. The Bertz CT molecular complexity index is 551. The van der Waals surface area contributed by atoms with Crippen LogP contribution in [-0.2, 0) is 0 Å². The summed E-state index contributed by atoms with van der Waals surface area (Å²) >= 11 is 0. The van der Waals surface area contributed by atoms with E-state index < -0.39 is 0 Å². The quantitative estimate of drug-likeness (QED) is 0.312. The Kier molecular flexibility index (Phi) is 8.92. The van der Waals surface area contributed by atoms with E-state index in [-0.39, 0.29) is 35.3 Å². The van der Waals surface area contributed by atoms with E-state index >= 15 is 0 Å². The zero-order valence-corrected chi connectivity index (χ0v) is 18.0. The molecule has 0 unspecified atom stereocenters. The van der Waals surface area contributed by atoms with Crippen LogP contribution in [0.3, 0.4) is 0 Å². The van der Waals surface area contributed by atoms with Gasteiger partial charge in [-0.05, 0) is 32.9 Å². The van der Waals surface area contributed by atoms with Crippen LogP contribution in [0, 0.1) is 5.82 Å². The first-order valence-electron chi connectivity index (χ1n) is 8.61. The lowest BCUT2D eigenvalue weighted by Crippen LogP contribution is -2.53. The molecule has 0 aromatic heterocycles. The predicted molar refractivity (Wildman–Crippen MR) is 115 cm³/mol. The summed E-state index contributed by atoms with van der Waals surface area (Å²) in [6, 6.07) is 6.97. The maximum atomic E-state index is 13.9. The Labute approximate surface area is 168 Å². The molecule has 0 bridgehead atoms. The van der Waals surface area contributed by atoms with Gasteiger partial charge in [-0.2, -0.15) is 0 Å². The van der Waals surface area contributed by atoms with Gasteiger partial charge in [-0.3, -0.25) is 4.99 Å². The summed E-state index contributed by atoms with van der Waals surface area (Å²) in [4.78, 5) is 8.70. The fourth-order valence-corrected chi connectivity index (χ4v) is 2.81. The summed E-state index contributed by atoms with van der Waals surface area (Å²) in [5.74, 6) is 0.764. The number of hydrogen-bond acceptors (Lipinski definition) is 3. The van der Waals surface area contributed by atoms with Crippen LogP contribution in [0.2, 0.25) is 0 Å². The number of benzene rings is 1. The number of guanidine groups is 1. The molecule has 0 aliphatic carbocycles. The van der Waals surface area contributed by atoms with E-state index in [2.05, 4.69) is 46.2 Å². The topological polar surface area (TPSA) is 42.9 Å². The predicted octanol–water partition coefficient (Wildman–Crippen LogP) is 2.53. The molecule has 2 N–H and O–H groups in total. The molecule has 1 aliphatic heterocycles. The second-order valence-electron chi connectivity index (χ2n) is 7.08. The maximum absolute atomic E-state index is 13.9. The van der Waals surface area contributed by atoms with E-state index in [1.165, 1.54) is 6.07 Å². The number of hydrogen-bond donors (Lipinski definition) is 2. The first-order valence-corrected chi connectivity index (χ1v) is 8.61. The summed E-state index contributed by atoms with van der Waals surface area (Å²) in [7, 11) is 1.81. The van der Waals surface area contributed by atoms with Gasteiger partial charge in [-0.1, -0.05) is 12.1 Å². The molecule has 1 heterocycles. The molecule has 0 spiro atoms. The highest BCUT2D eigenvalue weighted by Gasteiger charge is 2.21. The third kappa shape index (κ3) is 6.97. The second-order valence-corrected chi connectivity index (χ2v) is 7.08. The van der Waals surface area contributed by atoms with Crippen molar-refractivity contribution in [2.45, 2.75) is 26.3 Å². The number of anilines is 1. The molecule has 25 heavy (non-hydrogen) atoms. The molecule has 7 heteroatoms. The fraction of sp³-hybridized carbons (Fsp3) is 0.611. The van der Waals surface area contributed by atoms with Gasteiger partial charge in [0.25, 0.3) is 0 Å².